The van der Waals surface area contributed by atoms with Crippen molar-refractivity contribution in [3.8, 4) is 0 Å². The normalized spacial score (nSPS) is 33.8. The first kappa shape index (κ1) is 7.19. The smallest absolute Gasteiger partial charge is 0.122 e. The minimum Gasteiger partial charge on any atom is -0.496 e. The minimum atomic E-state index is 0.643. The van der Waals surface area contributed by atoms with Crippen molar-refractivity contribution in [3.05, 3.63) is 47.3 Å². The molecule has 0 aromatic carbocycles. The van der Waals surface area contributed by atoms with E-state index < -0.39 is 0 Å². The zero-order chi connectivity index (χ0) is 8.84. The predicted molar refractivity (Wildman–Crippen MR) is 52.0 cm³/mol. The molecule has 0 saturated heterocycles. The zero-order valence-corrected chi connectivity index (χ0v) is 7.66. The molecular formula is C12H12O. The molecule has 0 saturated carbocycles. The van der Waals surface area contributed by atoms with E-state index in [0.717, 1.165) is 11.7 Å². The average Bonchev–Trinajstić information content (AvgIpc) is 2.38. The number of hydrogen-bond donors (Lipinski definition) is 0. The third kappa shape index (κ3) is 0.819. The number of rotatable bonds is 1. The maximum absolute atomic E-state index is 5.37. The van der Waals surface area contributed by atoms with Crippen LogP contribution in [0, 0.1) is 11.8 Å². The van der Waals surface area contributed by atoms with Crippen molar-refractivity contribution in [3.63, 3.8) is 0 Å². The highest BCUT2D eigenvalue weighted by Crippen LogP contribution is 2.50. The fourth-order valence-electron chi connectivity index (χ4n) is 2.52. The molecule has 2 atom stereocenters. The molecule has 0 amide bonds. The quantitative estimate of drug-likeness (QED) is 0.590. The standard InChI is InChI=1S/C12H12O/c1-13-11-4-2-3-8-7-9-5-6-10(11)12(8)9/h2-4,6-7,9,12H,5H2,1H3/t9-,12+/m1/s1. The SMILES string of the molecule is COC1=CC=CC2=C[C@H]3CC=C1[C@@H]23. The van der Waals surface area contributed by atoms with Crippen LogP contribution in [0.4, 0.5) is 0 Å². The highest BCUT2D eigenvalue weighted by molar-refractivity contribution is 5.52. The van der Waals surface area contributed by atoms with Gasteiger partial charge in [0.15, 0.2) is 0 Å². The van der Waals surface area contributed by atoms with Gasteiger partial charge in [0.1, 0.15) is 5.76 Å². The Morgan fingerprint density at radius 1 is 1.46 bits per heavy atom. The van der Waals surface area contributed by atoms with Gasteiger partial charge in [0.05, 0.1) is 7.11 Å². The Morgan fingerprint density at radius 3 is 3.23 bits per heavy atom. The lowest BCUT2D eigenvalue weighted by molar-refractivity contribution is 0.292. The van der Waals surface area contributed by atoms with Crippen LogP contribution in [0.25, 0.3) is 0 Å². The lowest BCUT2D eigenvalue weighted by Gasteiger charge is -2.30. The summed E-state index contributed by atoms with van der Waals surface area (Å²) in [7, 11) is 1.75. The Morgan fingerprint density at radius 2 is 2.38 bits per heavy atom. The van der Waals surface area contributed by atoms with Crippen molar-refractivity contribution in [1.82, 2.24) is 0 Å². The molecule has 1 heteroatoms. The topological polar surface area (TPSA) is 9.23 Å². The van der Waals surface area contributed by atoms with Crippen molar-refractivity contribution in [2.24, 2.45) is 11.8 Å². The minimum absolute atomic E-state index is 0.643. The van der Waals surface area contributed by atoms with Gasteiger partial charge in [0.25, 0.3) is 0 Å². The Hall–Kier alpha value is -1.24. The van der Waals surface area contributed by atoms with E-state index in [1.54, 1.807) is 7.11 Å². The molecule has 0 bridgehead atoms. The van der Waals surface area contributed by atoms with E-state index in [9.17, 15) is 0 Å². The van der Waals surface area contributed by atoms with E-state index in [1.165, 1.54) is 17.6 Å². The van der Waals surface area contributed by atoms with Gasteiger partial charge in [0, 0.05) is 5.92 Å². The number of ether oxygens (including phenoxy) is 1. The van der Waals surface area contributed by atoms with Gasteiger partial charge in [-0.15, -0.1) is 0 Å². The van der Waals surface area contributed by atoms with Gasteiger partial charge in [-0.2, -0.15) is 0 Å². The summed E-state index contributed by atoms with van der Waals surface area (Å²) in [6.45, 7) is 0. The highest BCUT2D eigenvalue weighted by atomic mass is 16.5. The van der Waals surface area contributed by atoms with Gasteiger partial charge in [-0.1, -0.05) is 24.3 Å². The van der Waals surface area contributed by atoms with Crippen molar-refractivity contribution in [2.75, 3.05) is 7.11 Å². The summed E-state index contributed by atoms with van der Waals surface area (Å²) in [6, 6.07) is 0. The monoisotopic (exact) mass is 172 g/mol. The van der Waals surface area contributed by atoms with Crippen LogP contribution in [0.2, 0.25) is 0 Å². The summed E-state index contributed by atoms with van der Waals surface area (Å²) in [5.41, 5.74) is 2.87. The molecule has 0 aromatic heterocycles. The molecule has 0 radical (unpaired) electrons. The van der Waals surface area contributed by atoms with Crippen LogP contribution < -0.4 is 0 Å². The largest absolute Gasteiger partial charge is 0.496 e. The second-order valence-corrected chi connectivity index (χ2v) is 3.80. The molecule has 3 aliphatic carbocycles. The molecule has 0 aliphatic heterocycles. The number of hydrogen-bond acceptors (Lipinski definition) is 1. The first-order valence-electron chi connectivity index (χ1n) is 4.74. The van der Waals surface area contributed by atoms with Gasteiger partial charge < -0.3 is 4.74 Å². The molecule has 1 nitrogen and oxygen atoms in total. The van der Waals surface area contributed by atoms with Crippen LogP contribution in [0.3, 0.4) is 0 Å². The lowest BCUT2D eigenvalue weighted by atomic mass is 9.74. The second-order valence-electron chi connectivity index (χ2n) is 3.80. The fourth-order valence-corrected chi connectivity index (χ4v) is 2.52. The second kappa shape index (κ2) is 2.38. The molecule has 0 heterocycles. The van der Waals surface area contributed by atoms with E-state index in [2.05, 4.69) is 30.4 Å². The van der Waals surface area contributed by atoms with Gasteiger partial charge in [0.2, 0.25) is 0 Å². The first-order valence-corrected chi connectivity index (χ1v) is 4.74. The number of allylic oxidation sites excluding steroid dienone is 7. The van der Waals surface area contributed by atoms with Crippen molar-refractivity contribution >= 4 is 0 Å². The molecule has 0 fully saturated rings. The maximum atomic E-state index is 5.37. The average molecular weight is 172 g/mol. The Labute approximate surface area is 78.1 Å². The van der Waals surface area contributed by atoms with E-state index >= 15 is 0 Å². The van der Waals surface area contributed by atoms with Crippen LogP contribution >= 0.6 is 0 Å². The summed E-state index contributed by atoms with van der Waals surface area (Å²) in [5.74, 6) is 2.45. The van der Waals surface area contributed by atoms with E-state index in [0.29, 0.717) is 5.92 Å². The zero-order valence-electron chi connectivity index (χ0n) is 7.66. The van der Waals surface area contributed by atoms with Gasteiger partial charge in [-0.05, 0) is 29.6 Å². The Bertz CT molecular complexity index is 369. The molecule has 66 valence electrons. The highest BCUT2D eigenvalue weighted by Gasteiger charge is 2.39. The van der Waals surface area contributed by atoms with Gasteiger partial charge in [-0.3, -0.25) is 0 Å². The summed E-state index contributed by atoms with van der Waals surface area (Å²) < 4.78 is 5.37. The predicted octanol–water partition coefficient (Wildman–Crippen LogP) is 2.59. The summed E-state index contributed by atoms with van der Waals surface area (Å²) in [4.78, 5) is 0. The van der Waals surface area contributed by atoms with E-state index in [1.807, 2.05) is 0 Å². The molecule has 0 aromatic rings. The molecule has 3 rings (SSSR count). The summed E-state index contributed by atoms with van der Waals surface area (Å²) in [5, 5.41) is 0. The molecule has 0 N–H and O–H groups in total. The molecular weight excluding hydrogens is 160 g/mol. The summed E-state index contributed by atoms with van der Waals surface area (Å²) in [6.07, 6.45) is 12.2. The Kier molecular flexibility index (Phi) is 1.32. The van der Waals surface area contributed by atoms with Crippen LogP contribution in [0.5, 0.6) is 0 Å². The lowest BCUT2D eigenvalue weighted by Crippen LogP contribution is -2.21. The van der Waals surface area contributed by atoms with Crippen molar-refractivity contribution < 1.29 is 4.74 Å². The van der Waals surface area contributed by atoms with Crippen LogP contribution in [0.15, 0.2) is 47.3 Å². The molecule has 0 spiro atoms. The van der Waals surface area contributed by atoms with Crippen LogP contribution in [-0.2, 0) is 4.74 Å². The van der Waals surface area contributed by atoms with Crippen LogP contribution in [0.1, 0.15) is 6.42 Å². The maximum Gasteiger partial charge on any atom is 0.122 e. The fraction of sp³-hybridized carbons (Fsp3) is 0.333. The van der Waals surface area contributed by atoms with E-state index in [-0.39, 0.29) is 0 Å². The first-order chi connectivity index (χ1) is 6.40. The number of methoxy groups -OCH3 is 1. The third-order valence-corrected chi connectivity index (χ3v) is 3.18. The molecule has 0 unspecified atom stereocenters. The van der Waals surface area contributed by atoms with E-state index in [4.69, 9.17) is 4.74 Å². The summed E-state index contributed by atoms with van der Waals surface area (Å²) >= 11 is 0. The Balaban J connectivity index is 2.08. The third-order valence-electron chi connectivity index (χ3n) is 3.18. The van der Waals surface area contributed by atoms with Crippen LogP contribution in [-0.4, -0.2) is 7.11 Å². The van der Waals surface area contributed by atoms with Crippen molar-refractivity contribution in [1.29, 1.82) is 0 Å². The molecule has 13 heavy (non-hydrogen) atoms. The van der Waals surface area contributed by atoms with Gasteiger partial charge >= 0.3 is 0 Å². The van der Waals surface area contributed by atoms with Crippen molar-refractivity contribution in [2.45, 2.75) is 6.42 Å². The van der Waals surface area contributed by atoms with Gasteiger partial charge in [-0.25, -0.2) is 0 Å². The molecule has 3 aliphatic rings.